The molecule has 2 N–H and O–H groups in total. The summed E-state index contributed by atoms with van der Waals surface area (Å²) < 4.78 is 0. The summed E-state index contributed by atoms with van der Waals surface area (Å²) >= 11 is 0. The predicted octanol–water partition coefficient (Wildman–Crippen LogP) is 1.26. The van der Waals surface area contributed by atoms with Gasteiger partial charge in [0.05, 0.1) is 0 Å². The van der Waals surface area contributed by atoms with Crippen LogP contribution in [0.3, 0.4) is 0 Å². The Balaban J connectivity index is 3.04. The van der Waals surface area contributed by atoms with Crippen LogP contribution < -0.4 is 5.73 Å². The third kappa shape index (κ3) is 2.53. The molecule has 1 heterocycles. The lowest BCUT2D eigenvalue weighted by Gasteiger charge is -2.23. The van der Waals surface area contributed by atoms with Gasteiger partial charge in [-0.1, -0.05) is 0 Å². The Kier molecular flexibility index (Phi) is 3.61. The van der Waals surface area contributed by atoms with E-state index in [1.54, 1.807) is 0 Å². The molecule has 0 aliphatic carbocycles. The second kappa shape index (κ2) is 4.53. The molecule has 1 atom stereocenters. The van der Waals surface area contributed by atoms with E-state index in [2.05, 4.69) is 22.0 Å². The number of aromatic nitrogens is 1. The van der Waals surface area contributed by atoms with Gasteiger partial charge in [-0.25, -0.2) is 0 Å². The Hall–Kier alpha value is -0.930. The maximum atomic E-state index is 5.74. The van der Waals surface area contributed by atoms with Crippen LogP contribution in [0.1, 0.15) is 23.0 Å². The van der Waals surface area contributed by atoms with Crippen molar-refractivity contribution in [3.63, 3.8) is 0 Å². The lowest BCUT2D eigenvalue weighted by molar-refractivity contribution is 0.305. The molecule has 14 heavy (non-hydrogen) atoms. The number of hydrogen-bond donors (Lipinski definition) is 1. The lowest BCUT2D eigenvalue weighted by Crippen LogP contribution is -2.27. The van der Waals surface area contributed by atoms with Crippen molar-refractivity contribution in [3.05, 3.63) is 29.1 Å². The molecule has 0 saturated carbocycles. The highest BCUT2D eigenvalue weighted by Gasteiger charge is 2.12. The highest BCUT2D eigenvalue weighted by Crippen LogP contribution is 2.18. The molecule has 0 spiro atoms. The van der Waals surface area contributed by atoms with Gasteiger partial charge in [0.2, 0.25) is 0 Å². The third-order valence-electron chi connectivity index (χ3n) is 2.34. The molecule has 3 nitrogen and oxygen atoms in total. The average molecular weight is 193 g/mol. The fourth-order valence-electron chi connectivity index (χ4n) is 1.70. The minimum Gasteiger partial charge on any atom is -0.329 e. The second-order valence-electron chi connectivity index (χ2n) is 3.90. The first-order valence-electron chi connectivity index (χ1n) is 4.86. The molecule has 0 saturated heterocycles. The molecule has 78 valence electrons. The maximum Gasteiger partial charge on any atom is 0.0465 e. The molecule has 0 aliphatic heterocycles. The van der Waals surface area contributed by atoms with E-state index in [4.69, 9.17) is 5.73 Å². The first-order chi connectivity index (χ1) is 6.54. The van der Waals surface area contributed by atoms with Crippen molar-refractivity contribution < 1.29 is 0 Å². The largest absolute Gasteiger partial charge is 0.329 e. The molecule has 0 aromatic carbocycles. The zero-order valence-corrected chi connectivity index (χ0v) is 9.41. The van der Waals surface area contributed by atoms with E-state index in [1.165, 1.54) is 5.56 Å². The fourth-order valence-corrected chi connectivity index (χ4v) is 1.70. The van der Waals surface area contributed by atoms with Crippen molar-refractivity contribution in [2.45, 2.75) is 19.9 Å². The summed E-state index contributed by atoms with van der Waals surface area (Å²) in [5, 5.41) is 0. The molecule has 3 heteroatoms. The number of nitrogens with zero attached hydrogens (tertiary/aromatic N) is 2. The highest BCUT2D eigenvalue weighted by atomic mass is 15.1. The first kappa shape index (κ1) is 11.1. The standard InChI is InChI=1S/C11H19N3/c1-8-5-10(6-9(2)13-8)11(7-12)14(3)4/h5-6,11H,7,12H2,1-4H3. The molecule has 0 fully saturated rings. The monoisotopic (exact) mass is 193 g/mol. The van der Waals surface area contributed by atoms with Crippen LogP contribution in [0.25, 0.3) is 0 Å². The summed E-state index contributed by atoms with van der Waals surface area (Å²) in [7, 11) is 4.09. The van der Waals surface area contributed by atoms with E-state index in [0.717, 1.165) is 11.4 Å². The number of nitrogens with two attached hydrogens (primary N) is 1. The van der Waals surface area contributed by atoms with Crippen LogP contribution >= 0.6 is 0 Å². The summed E-state index contributed by atoms with van der Waals surface area (Å²) in [6.45, 7) is 4.66. The van der Waals surface area contributed by atoms with Gasteiger partial charge < -0.3 is 10.6 Å². The molecule has 0 radical (unpaired) electrons. The molecule has 1 aromatic heterocycles. The minimum atomic E-state index is 0.287. The smallest absolute Gasteiger partial charge is 0.0465 e. The quantitative estimate of drug-likeness (QED) is 0.786. The van der Waals surface area contributed by atoms with Gasteiger partial charge in [-0.3, -0.25) is 4.98 Å². The number of rotatable bonds is 3. The second-order valence-corrected chi connectivity index (χ2v) is 3.90. The summed E-state index contributed by atoms with van der Waals surface area (Å²) in [6.07, 6.45) is 0. The van der Waals surface area contributed by atoms with Crippen LogP contribution in [0.4, 0.5) is 0 Å². The van der Waals surface area contributed by atoms with Gasteiger partial charge in [-0.2, -0.15) is 0 Å². The number of hydrogen-bond acceptors (Lipinski definition) is 3. The lowest BCUT2D eigenvalue weighted by atomic mass is 10.1. The predicted molar refractivity (Wildman–Crippen MR) is 59.2 cm³/mol. The van der Waals surface area contributed by atoms with E-state index in [0.29, 0.717) is 6.54 Å². The van der Waals surface area contributed by atoms with Crippen molar-refractivity contribution in [3.8, 4) is 0 Å². The van der Waals surface area contributed by atoms with Crippen molar-refractivity contribution in [2.24, 2.45) is 5.73 Å². The number of pyridine rings is 1. The van der Waals surface area contributed by atoms with Crippen LogP contribution in [0.5, 0.6) is 0 Å². The summed E-state index contributed by atoms with van der Waals surface area (Å²) in [6, 6.07) is 4.49. The van der Waals surface area contributed by atoms with E-state index < -0.39 is 0 Å². The van der Waals surface area contributed by atoms with E-state index in [9.17, 15) is 0 Å². The topological polar surface area (TPSA) is 42.1 Å². The first-order valence-corrected chi connectivity index (χ1v) is 4.86. The van der Waals surface area contributed by atoms with Crippen LogP contribution in [-0.4, -0.2) is 30.5 Å². The Morgan fingerprint density at radius 3 is 2.14 bits per heavy atom. The van der Waals surface area contributed by atoms with Gasteiger partial charge in [0.15, 0.2) is 0 Å². The Morgan fingerprint density at radius 2 is 1.79 bits per heavy atom. The van der Waals surface area contributed by atoms with Crippen LogP contribution in [0, 0.1) is 13.8 Å². The Morgan fingerprint density at radius 1 is 1.29 bits per heavy atom. The molecule has 0 bridgehead atoms. The molecule has 1 unspecified atom stereocenters. The highest BCUT2D eigenvalue weighted by molar-refractivity contribution is 5.23. The van der Waals surface area contributed by atoms with Crippen LogP contribution in [-0.2, 0) is 0 Å². The SMILES string of the molecule is Cc1cc(C(CN)N(C)C)cc(C)n1. The Bertz CT molecular complexity index is 287. The van der Waals surface area contributed by atoms with E-state index in [-0.39, 0.29) is 6.04 Å². The molecule has 1 rings (SSSR count). The van der Waals surface area contributed by atoms with Gasteiger partial charge >= 0.3 is 0 Å². The summed E-state index contributed by atoms with van der Waals surface area (Å²) in [5.74, 6) is 0. The molecule has 1 aromatic rings. The minimum absolute atomic E-state index is 0.287. The Labute approximate surface area is 85.9 Å². The van der Waals surface area contributed by atoms with Gasteiger partial charge in [0, 0.05) is 24.0 Å². The van der Waals surface area contributed by atoms with Crippen molar-refractivity contribution in [2.75, 3.05) is 20.6 Å². The van der Waals surface area contributed by atoms with Gasteiger partial charge in [-0.05, 0) is 45.6 Å². The van der Waals surface area contributed by atoms with Crippen molar-refractivity contribution >= 4 is 0 Å². The van der Waals surface area contributed by atoms with Crippen molar-refractivity contribution in [1.82, 2.24) is 9.88 Å². The van der Waals surface area contributed by atoms with Crippen LogP contribution in [0.2, 0.25) is 0 Å². The molecular weight excluding hydrogens is 174 g/mol. The number of aryl methyl sites for hydroxylation is 2. The maximum absolute atomic E-state index is 5.74. The normalized spacial score (nSPS) is 13.3. The summed E-state index contributed by atoms with van der Waals surface area (Å²) in [5.41, 5.74) is 9.11. The zero-order chi connectivity index (χ0) is 10.7. The summed E-state index contributed by atoms with van der Waals surface area (Å²) in [4.78, 5) is 6.48. The molecule has 0 aliphatic rings. The van der Waals surface area contributed by atoms with Gasteiger partial charge in [0.25, 0.3) is 0 Å². The van der Waals surface area contributed by atoms with Gasteiger partial charge in [0.1, 0.15) is 0 Å². The third-order valence-corrected chi connectivity index (χ3v) is 2.34. The van der Waals surface area contributed by atoms with Gasteiger partial charge in [-0.15, -0.1) is 0 Å². The molecular formula is C11H19N3. The van der Waals surface area contributed by atoms with E-state index in [1.807, 2.05) is 27.9 Å². The fraction of sp³-hybridized carbons (Fsp3) is 0.545. The van der Waals surface area contributed by atoms with Crippen LogP contribution in [0.15, 0.2) is 12.1 Å². The average Bonchev–Trinajstić information content (AvgIpc) is 2.02. The molecule has 0 amide bonds. The zero-order valence-electron chi connectivity index (χ0n) is 9.41. The van der Waals surface area contributed by atoms with E-state index >= 15 is 0 Å². The van der Waals surface area contributed by atoms with Crippen molar-refractivity contribution in [1.29, 1.82) is 0 Å². The number of likely N-dealkylation sites (N-methyl/N-ethyl adjacent to an activating group) is 1.